The number of amides is 1. The smallest absolute Gasteiger partial charge is 0.265 e. The van der Waals surface area contributed by atoms with Gasteiger partial charge in [-0.25, -0.2) is 17.2 Å². The van der Waals surface area contributed by atoms with Gasteiger partial charge in [-0.1, -0.05) is 0 Å². The quantitative estimate of drug-likeness (QED) is 0.773. The summed E-state index contributed by atoms with van der Waals surface area (Å²) in [5, 5.41) is 0. The van der Waals surface area contributed by atoms with Gasteiger partial charge in [-0.2, -0.15) is 0 Å². The predicted molar refractivity (Wildman–Crippen MR) is 68.2 cm³/mol. The van der Waals surface area contributed by atoms with Crippen LogP contribution in [0, 0.1) is 11.6 Å². The van der Waals surface area contributed by atoms with E-state index in [4.69, 9.17) is 15.4 Å². The van der Waals surface area contributed by atoms with E-state index in [1.165, 1.54) is 19.0 Å². The van der Waals surface area contributed by atoms with Crippen molar-refractivity contribution in [2.24, 2.45) is 0 Å². The number of halogens is 3. The Bertz CT molecular complexity index is 619. The molecule has 1 aromatic rings. The summed E-state index contributed by atoms with van der Waals surface area (Å²) in [7, 11) is 3.76. The molecule has 0 N–H and O–H groups in total. The van der Waals surface area contributed by atoms with Crippen molar-refractivity contribution >= 4 is 25.6 Å². The van der Waals surface area contributed by atoms with E-state index in [0.29, 0.717) is 12.1 Å². The SMILES string of the molecule is CN(C)C(=O)CCOc1c(F)cc(F)cc1S(=O)(=O)Cl. The molecular weight excluding hydrogens is 316 g/mol. The Morgan fingerprint density at radius 1 is 1.35 bits per heavy atom. The molecule has 112 valence electrons. The maximum atomic E-state index is 13.5. The molecule has 0 aliphatic carbocycles. The van der Waals surface area contributed by atoms with Crippen molar-refractivity contribution in [3.63, 3.8) is 0 Å². The van der Waals surface area contributed by atoms with E-state index in [9.17, 15) is 22.0 Å². The molecule has 0 radical (unpaired) electrons. The molecule has 0 unspecified atom stereocenters. The Balaban J connectivity index is 2.98. The highest BCUT2D eigenvalue weighted by atomic mass is 35.7. The van der Waals surface area contributed by atoms with Crippen LogP contribution in [-0.4, -0.2) is 39.9 Å². The molecule has 0 fully saturated rings. The molecule has 0 aromatic heterocycles. The van der Waals surface area contributed by atoms with E-state index < -0.39 is 31.3 Å². The first-order valence-corrected chi connectivity index (χ1v) is 7.70. The molecule has 0 spiro atoms. The number of carbonyl (C=O) groups excluding carboxylic acids is 1. The maximum absolute atomic E-state index is 13.5. The number of benzene rings is 1. The van der Waals surface area contributed by atoms with Gasteiger partial charge in [0.2, 0.25) is 5.91 Å². The maximum Gasteiger partial charge on any atom is 0.265 e. The fraction of sp³-hybridized carbons (Fsp3) is 0.364. The molecule has 0 bridgehead atoms. The third-order valence-corrected chi connectivity index (χ3v) is 3.63. The van der Waals surface area contributed by atoms with E-state index >= 15 is 0 Å². The number of rotatable bonds is 5. The first-order valence-electron chi connectivity index (χ1n) is 5.39. The summed E-state index contributed by atoms with van der Waals surface area (Å²) in [6.07, 6.45) is -0.0917. The van der Waals surface area contributed by atoms with Gasteiger partial charge in [0.1, 0.15) is 10.7 Å². The Morgan fingerprint density at radius 3 is 2.45 bits per heavy atom. The highest BCUT2D eigenvalue weighted by Gasteiger charge is 2.22. The molecule has 1 amide bonds. The highest BCUT2D eigenvalue weighted by molar-refractivity contribution is 8.13. The van der Waals surface area contributed by atoms with Crippen molar-refractivity contribution < 1.29 is 26.7 Å². The number of carbonyl (C=O) groups is 1. The largest absolute Gasteiger partial charge is 0.489 e. The number of ether oxygens (including phenoxy) is 1. The standard InChI is InChI=1S/C11H12ClF2NO4S/c1-15(2)10(16)3-4-19-11-8(14)5-7(13)6-9(11)20(12,17)18/h5-6H,3-4H2,1-2H3. The van der Waals surface area contributed by atoms with Crippen LogP contribution in [0.2, 0.25) is 0 Å². The molecule has 0 heterocycles. The van der Waals surface area contributed by atoms with Crippen LogP contribution < -0.4 is 4.74 Å². The van der Waals surface area contributed by atoms with Gasteiger partial charge in [0, 0.05) is 30.8 Å². The molecule has 20 heavy (non-hydrogen) atoms. The molecule has 1 rings (SSSR count). The Labute approximate surface area is 119 Å². The third kappa shape index (κ3) is 4.31. The van der Waals surface area contributed by atoms with Crippen LogP contribution in [-0.2, 0) is 13.8 Å². The van der Waals surface area contributed by atoms with Gasteiger partial charge >= 0.3 is 0 Å². The van der Waals surface area contributed by atoms with Gasteiger partial charge in [0.25, 0.3) is 9.05 Å². The fourth-order valence-electron chi connectivity index (χ4n) is 1.32. The summed E-state index contributed by atoms with van der Waals surface area (Å²) in [4.78, 5) is 11.8. The lowest BCUT2D eigenvalue weighted by Crippen LogP contribution is -2.23. The van der Waals surface area contributed by atoms with Crippen molar-refractivity contribution in [2.45, 2.75) is 11.3 Å². The normalized spacial score (nSPS) is 11.2. The molecule has 5 nitrogen and oxygen atoms in total. The summed E-state index contributed by atoms with van der Waals surface area (Å²) < 4.78 is 54.0. The fourth-order valence-corrected chi connectivity index (χ4v) is 2.30. The molecule has 0 atom stereocenters. The second kappa shape index (κ2) is 6.36. The molecule has 0 saturated heterocycles. The number of nitrogens with zero attached hydrogens (tertiary/aromatic N) is 1. The number of hydrogen-bond acceptors (Lipinski definition) is 4. The first-order chi connectivity index (χ1) is 9.12. The zero-order valence-corrected chi connectivity index (χ0v) is 12.3. The van der Waals surface area contributed by atoms with Crippen molar-refractivity contribution in [2.75, 3.05) is 20.7 Å². The van der Waals surface area contributed by atoms with Gasteiger partial charge in [-0.15, -0.1) is 0 Å². The van der Waals surface area contributed by atoms with Crippen LogP contribution >= 0.6 is 10.7 Å². The molecule has 0 aliphatic heterocycles. The van der Waals surface area contributed by atoms with Crippen molar-refractivity contribution in [3.05, 3.63) is 23.8 Å². The lowest BCUT2D eigenvalue weighted by molar-refractivity contribution is -0.129. The zero-order chi connectivity index (χ0) is 15.5. The number of hydrogen-bond donors (Lipinski definition) is 0. The van der Waals surface area contributed by atoms with Crippen LogP contribution in [0.4, 0.5) is 8.78 Å². The lowest BCUT2D eigenvalue weighted by atomic mass is 10.3. The molecule has 9 heteroatoms. The summed E-state index contributed by atoms with van der Waals surface area (Å²) >= 11 is 0. The summed E-state index contributed by atoms with van der Waals surface area (Å²) in [6.45, 7) is -0.265. The van der Waals surface area contributed by atoms with E-state index in [-0.39, 0.29) is 18.9 Å². The molecule has 0 aliphatic rings. The van der Waals surface area contributed by atoms with Gasteiger partial charge in [-0.3, -0.25) is 4.79 Å². The molecule has 0 saturated carbocycles. The Morgan fingerprint density at radius 2 is 1.95 bits per heavy atom. The first kappa shape index (κ1) is 16.6. The van der Waals surface area contributed by atoms with Crippen LogP contribution in [0.5, 0.6) is 5.75 Å². The van der Waals surface area contributed by atoms with Gasteiger partial charge in [0.05, 0.1) is 13.0 Å². The summed E-state index contributed by atoms with van der Waals surface area (Å²) in [5.74, 6) is -3.30. The summed E-state index contributed by atoms with van der Waals surface area (Å²) in [5.41, 5.74) is 0. The third-order valence-electron chi connectivity index (χ3n) is 2.30. The Hall–Kier alpha value is -1.41. The van der Waals surface area contributed by atoms with Crippen LogP contribution in [0.3, 0.4) is 0 Å². The topological polar surface area (TPSA) is 63.7 Å². The summed E-state index contributed by atoms with van der Waals surface area (Å²) in [6, 6.07) is 1.02. The second-order valence-electron chi connectivity index (χ2n) is 4.04. The van der Waals surface area contributed by atoms with Crippen molar-refractivity contribution in [3.8, 4) is 5.75 Å². The minimum atomic E-state index is -4.37. The minimum Gasteiger partial charge on any atom is -0.489 e. The van der Waals surface area contributed by atoms with Crippen molar-refractivity contribution in [1.29, 1.82) is 0 Å². The van der Waals surface area contributed by atoms with Gasteiger partial charge < -0.3 is 9.64 Å². The average Bonchev–Trinajstić information content (AvgIpc) is 2.29. The minimum absolute atomic E-state index is 0.0917. The van der Waals surface area contributed by atoms with Crippen LogP contribution in [0.15, 0.2) is 17.0 Å². The van der Waals surface area contributed by atoms with E-state index in [2.05, 4.69) is 0 Å². The van der Waals surface area contributed by atoms with Crippen molar-refractivity contribution in [1.82, 2.24) is 4.90 Å². The van der Waals surface area contributed by atoms with Crippen LogP contribution in [0.25, 0.3) is 0 Å². The zero-order valence-electron chi connectivity index (χ0n) is 10.7. The highest BCUT2D eigenvalue weighted by Crippen LogP contribution is 2.31. The van der Waals surface area contributed by atoms with Gasteiger partial charge in [-0.05, 0) is 6.07 Å². The Kier molecular flexibility index (Phi) is 5.29. The van der Waals surface area contributed by atoms with E-state index in [0.717, 1.165) is 0 Å². The van der Waals surface area contributed by atoms with E-state index in [1.54, 1.807) is 0 Å². The second-order valence-corrected chi connectivity index (χ2v) is 6.57. The predicted octanol–water partition coefficient (Wildman–Crippen LogP) is 1.75. The molecule has 1 aromatic carbocycles. The van der Waals surface area contributed by atoms with E-state index in [1.807, 2.05) is 0 Å². The average molecular weight is 328 g/mol. The molecular formula is C11H12ClF2NO4S. The monoisotopic (exact) mass is 327 g/mol. The van der Waals surface area contributed by atoms with Gasteiger partial charge in [0.15, 0.2) is 11.6 Å². The van der Waals surface area contributed by atoms with Crippen LogP contribution in [0.1, 0.15) is 6.42 Å². The lowest BCUT2D eigenvalue weighted by Gasteiger charge is -2.13.